The first-order chi connectivity index (χ1) is 16.1. The van der Waals surface area contributed by atoms with E-state index in [1.54, 1.807) is 0 Å². The van der Waals surface area contributed by atoms with E-state index in [1.807, 2.05) is 13.8 Å². The van der Waals surface area contributed by atoms with Crippen LogP contribution < -0.4 is 0 Å². The Labute approximate surface area is 210 Å². The molecule has 0 aromatic rings. The summed E-state index contributed by atoms with van der Waals surface area (Å²) < 4.78 is 0. The van der Waals surface area contributed by atoms with Gasteiger partial charge < -0.3 is 10.3 Å². The summed E-state index contributed by atoms with van der Waals surface area (Å²) >= 11 is 0. The maximum Gasteiger partial charge on any atom is 0.310 e. The van der Waals surface area contributed by atoms with Crippen molar-refractivity contribution in [2.45, 2.75) is 106 Å². The first kappa shape index (κ1) is 25.0. The number of nitrogens with zero attached hydrogens (tertiary/aromatic N) is 1. The molecule has 5 nitrogen and oxygen atoms in total. The number of ketones is 1. The molecule has 0 bridgehead atoms. The maximum atomic E-state index is 13.2. The zero-order valence-electron chi connectivity index (χ0n) is 22.8. The summed E-state index contributed by atoms with van der Waals surface area (Å²) in [6, 6.07) is 0. The monoisotopic (exact) mass is 483 g/mol. The second-order valence-corrected chi connectivity index (χ2v) is 15.0. The molecule has 5 rings (SSSR count). The van der Waals surface area contributed by atoms with E-state index in [1.165, 1.54) is 5.57 Å². The highest BCUT2D eigenvalue weighted by Gasteiger charge is 2.70. The Balaban J connectivity index is 1.63. The van der Waals surface area contributed by atoms with Crippen molar-refractivity contribution in [3.63, 3.8) is 0 Å². The van der Waals surface area contributed by atoms with Gasteiger partial charge in [-0.3, -0.25) is 9.59 Å². The van der Waals surface area contributed by atoms with Crippen molar-refractivity contribution in [1.82, 2.24) is 0 Å². The van der Waals surface area contributed by atoms with Gasteiger partial charge in [-0.25, -0.2) is 0 Å². The van der Waals surface area contributed by atoms with Gasteiger partial charge in [0.25, 0.3) is 0 Å². The normalized spacial score (nSPS) is 49.2. The van der Waals surface area contributed by atoms with Crippen LogP contribution in [0.2, 0.25) is 0 Å². The van der Waals surface area contributed by atoms with Crippen LogP contribution in [0.25, 0.3) is 0 Å². The molecule has 5 aliphatic carbocycles. The van der Waals surface area contributed by atoms with Gasteiger partial charge in [0.15, 0.2) is 5.78 Å². The largest absolute Gasteiger partial charge is 0.481 e. The van der Waals surface area contributed by atoms with Crippen molar-refractivity contribution in [2.24, 2.45) is 55.4 Å². The van der Waals surface area contributed by atoms with Crippen molar-refractivity contribution in [2.75, 3.05) is 0 Å². The summed E-state index contributed by atoms with van der Waals surface area (Å²) in [6.45, 7) is 15.9. The zero-order valence-corrected chi connectivity index (χ0v) is 22.8. The summed E-state index contributed by atoms with van der Waals surface area (Å²) in [5.74, 6) is 0.114. The van der Waals surface area contributed by atoms with Gasteiger partial charge in [0.2, 0.25) is 0 Å². The minimum atomic E-state index is -0.624. The van der Waals surface area contributed by atoms with Crippen LogP contribution in [-0.4, -0.2) is 27.8 Å². The summed E-state index contributed by atoms with van der Waals surface area (Å²) in [5.41, 5.74) is 0.575. The van der Waals surface area contributed by atoms with Gasteiger partial charge in [0.1, 0.15) is 5.71 Å². The highest BCUT2D eigenvalue weighted by atomic mass is 16.4. The number of carboxylic acid groups (broad SMARTS) is 1. The van der Waals surface area contributed by atoms with E-state index in [2.05, 4.69) is 45.9 Å². The molecule has 5 heteroatoms. The molecule has 7 atom stereocenters. The minimum absolute atomic E-state index is 0.00215. The predicted octanol–water partition coefficient (Wildman–Crippen LogP) is 6.88. The van der Waals surface area contributed by atoms with Gasteiger partial charge >= 0.3 is 5.97 Å². The third-order valence-electron chi connectivity index (χ3n) is 12.7. The lowest BCUT2D eigenvalue weighted by Gasteiger charge is -2.70. The molecular formula is C30H45NO4. The lowest BCUT2D eigenvalue weighted by molar-refractivity contribution is -0.181. The third kappa shape index (κ3) is 2.96. The van der Waals surface area contributed by atoms with Gasteiger partial charge in [-0.2, -0.15) is 0 Å². The van der Waals surface area contributed by atoms with E-state index in [-0.39, 0.29) is 39.3 Å². The van der Waals surface area contributed by atoms with E-state index < -0.39 is 16.8 Å². The Kier molecular flexibility index (Phi) is 5.16. The minimum Gasteiger partial charge on any atom is -0.481 e. The summed E-state index contributed by atoms with van der Waals surface area (Å²) in [6.07, 6.45) is 10.3. The Morgan fingerprint density at radius 1 is 0.971 bits per heavy atom. The van der Waals surface area contributed by atoms with Gasteiger partial charge in [-0.15, -0.1) is 0 Å². The molecule has 0 saturated heterocycles. The Morgan fingerprint density at radius 2 is 1.63 bits per heavy atom. The molecule has 35 heavy (non-hydrogen) atoms. The number of oxime groups is 1. The standard InChI is InChI=1S/C30H45NO4/c1-25(2)12-14-30(24(33)34)15-13-28(6)18(19(30)16-25)8-9-22-27(5)17-20(31-35)23(32)26(3,4)21(27)10-11-29(22,28)7/h8,19,21-22,35H,9-17H2,1-7H3,(H,33,34)/b31-20+/t19-,21?,22?,27-,28+,29+,30-/m0/s1. The van der Waals surface area contributed by atoms with E-state index in [4.69, 9.17) is 0 Å². The van der Waals surface area contributed by atoms with Crippen molar-refractivity contribution in [1.29, 1.82) is 0 Å². The van der Waals surface area contributed by atoms with E-state index >= 15 is 0 Å². The smallest absolute Gasteiger partial charge is 0.310 e. The zero-order chi connectivity index (χ0) is 25.8. The lowest BCUT2D eigenvalue weighted by atomic mass is 9.33. The molecule has 0 aliphatic heterocycles. The Morgan fingerprint density at radius 3 is 2.26 bits per heavy atom. The van der Waals surface area contributed by atoms with E-state index in [0.717, 1.165) is 51.4 Å². The first-order valence-corrected chi connectivity index (χ1v) is 13.8. The van der Waals surface area contributed by atoms with Crippen LogP contribution in [0.15, 0.2) is 16.8 Å². The molecule has 5 aliphatic rings. The number of carboxylic acids is 1. The first-order valence-electron chi connectivity index (χ1n) is 13.8. The fraction of sp³-hybridized carbons (Fsp3) is 0.833. The van der Waals surface area contributed by atoms with Crippen LogP contribution in [0, 0.1) is 50.2 Å². The van der Waals surface area contributed by atoms with Crippen molar-refractivity contribution >= 4 is 17.5 Å². The molecule has 2 unspecified atom stereocenters. The number of Topliss-reactive ketones (excluding diaryl/α,β-unsaturated/α-hetero) is 1. The predicted molar refractivity (Wildman–Crippen MR) is 136 cm³/mol. The molecule has 4 fully saturated rings. The summed E-state index contributed by atoms with van der Waals surface area (Å²) in [4.78, 5) is 25.9. The number of hydrogen-bond donors (Lipinski definition) is 2. The average Bonchev–Trinajstić information content (AvgIpc) is 2.76. The molecule has 0 heterocycles. The fourth-order valence-electron chi connectivity index (χ4n) is 10.5. The molecule has 4 saturated carbocycles. The van der Waals surface area contributed by atoms with E-state index in [9.17, 15) is 19.9 Å². The molecular weight excluding hydrogens is 438 g/mol. The molecule has 0 radical (unpaired) electrons. The molecule has 2 N–H and O–H groups in total. The van der Waals surface area contributed by atoms with Gasteiger partial charge in [-0.1, -0.05) is 65.3 Å². The van der Waals surface area contributed by atoms with E-state index in [0.29, 0.717) is 18.1 Å². The lowest BCUT2D eigenvalue weighted by Crippen LogP contribution is -2.65. The number of carbonyl (C=O) groups excluding carboxylic acids is 1. The van der Waals surface area contributed by atoms with Gasteiger partial charge in [0.05, 0.1) is 5.41 Å². The van der Waals surface area contributed by atoms with Crippen LogP contribution in [0.5, 0.6) is 0 Å². The third-order valence-corrected chi connectivity index (χ3v) is 12.7. The topological polar surface area (TPSA) is 87.0 Å². The number of aliphatic carboxylic acids is 1. The van der Waals surface area contributed by atoms with Crippen LogP contribution in [0.1, 0.15) is 106 Å². The van der Waals surface area contributed by atoms with Crippen molar-refractivity contribution < 1.29 is 19.9 Å². The Hall–Kier alpha value is -1.65. The summed E-state index contributed by atoms with van der Waals surface area (Å²) in [7, 11) is 0. The van der Waals surface area contributed by atoms with Crippen LogP contribution in [0.3, 0.4) is 0 Å². The van der Waals surface area contributed by atoms with Crippen molar-refractivity contribution in [3.8, 4) is 0 Å². The van der Waals surface area contributed by atoms with Gasteiger partial charge in [0, 0.05) is 11.8 Å². The van der Waals surface area contributed by atoms with Crippen molar-refractivity contribution in [3.05, 3.63) is 11.6 Å². The fourth-order valence-corrected chi connectivity index (χ4v) is 10.5. The molecule has 0 aromatic carbocycles. The number of allylic oxidation sites excluding steroid dienone is 2. The molecule has 0 spiro atoms. The molecule has 0 amide bonds. The average molecular weight is 484 g/mol. The van der Waals surface area contributed by atoms with Crippen LogP contribution in [-0.2, 0) is 9.59 Å². The summed E-state index contributed by atoms with van der Waals surface area (Å²) in [5, 5.41) is 23.8. The molecule has 0 aromatic heterocycles. The van der Waals surface area contributed by atoms with Gasteiger partial charge in [-0.05, 0) is 90.8 Å². The number of carbonyl (C=O) groups is 2. The quantitative estimate of drug-likeness (QED) is 0.242. The van der Waals surface area contributed by atoms with Crippen LogP contribution in [0.4, 0.5) is 0 Å². The maximum absolute atomic E-state index is 13.2. The second kappa shape index (κ2) is 7.22. The number of rotatable bonds is 1. The Bertz CT molecular complexity index is 1040. The molecule has 194 valence electrons. The highest BCUT2D eigenvalue weighted by molar-refractivity contribution is 6.42. The number of fused-ring (bicyclic) bond motifs is 7. The SMILES string of the molecule is CC1(C)CC[C@]2(C(=O)O)CC[C@]3(C)C(=CCC4[C@@]5(C)C/C(=N\O)C(=O)C(C)(C)C5CC[C@]43C)[C@@H]2C1. The highest BCUT2D eigenvalue weighted by Crippen LogP contribution is 2.75. The second-order valence-electron chi connectivity index (χ2n) is 15.0. The van der Waals surface area contributed by atoms with Crippen LogP contribution >= 0.6 is 0 Å². The number of hydrogen-bond acceptors (Lipinski definition) is 4.